The Balaban J connectivity index is 1.78. The molecule has 1 aliphatic rings. The SMILES string of the molecule is CC(Oc1ccc(/C=C2/SC(=S)N(c3cccc(Cl)c3)C2=O)cc1)C(=O)O. The molecule has 5 nitrogen and oxygen atoms in total. The van der Waals surface area contributed by atoms with Gasteiger partial charge in [0, 0.05) is 5.02 Å². The molecule has 1 unspecified atom stereocenters. The fraction of sp³-hybridized carbons (Fsp3) is 0.105. The van der Waals surface area contributed by atoms with Crippen LogP contribution in [0.1, 0.15) is 12.5 Å². The minimum absolute atomic E-state index is 0.216. The molecule has 27 heavy (non-hydrogen) atoms. The average molecular weight is 420 g/mol. The number of thioether (sulfide) groups is 1. The number of aliphatic carboxylic acids is 1. The maximum absolute atomic E-state index is 12.7. The number of amides is 1. The van der Waals surface area contributed by atoms with E-state index in [4.69, 9.17) is 33.7 Å². The van der Waals surface area contributed by atoms with E-state index in [1.165, 1.54) is 23.6 Å². The first-order valence-electron chi connectivity index (χ1n) is 7.88. The van der Waals surface area contributed by atoms with Gasteiger partial charge in [0.1, 0.15) is 5.75 Å². The monoisotopic (exact) mass is 419 g/mol. The van der Waals surface area contributed by atoms with E-state index in [0.29, 0.717) is 25.7 Å². The normalized spacial score (nSPS) is 16.7. The van der Waals surface area contributed by atoms with Gasteiger partial charge in [0.25, 0.3) is 5.91 Å². The Morgan fingerprint density at radius 2 is 2.00 bits per heavy atom. The van der Waals surface area contributed by atoms with E-state index >= 15 is 0 Å². The van der Waals surface area contributed by atoms with Gasteiger partial charge in [0.05, 0.1) is 10.6 Å². The molecule has 1 aliphatic heterocycles. The quantitative estimate of drug-likeness (QED) is 0.564. The van der Waals surface area contributed by atoms with Crippen molar-refractivity contribution in [1.82, 2.24) is 0 Å². The summed E-state index contributed by atoms with van der Waals surface area (Å²) in [6, 6.07) is 13.8. The maximum atomic E-state index is 12.7. The van der Waals surface area contributed by atoms with Crippen LogP contribution in [-0.4, -0.2) is 27.4 Å². The predicted molar refractivity (Wildman–Crippen MR) is 111 cm³/mol. The fourth-order valence-electron chi connectivity index (χ4n) is 2.35. The molecular weight excluding hydrogens is 406 g/mol. The molecule has 0 radical (unpaired) electrons. The number of hydrogen-bond donors (Lipinski definition) is 1. The van der Waals surface area contributed by atoms with Gasteiger partial charge in [-0.05, 0) is 48.9 Å². The molecule has 2 aromatic carbocycles. The average Bonchev–Trinajstić information content (AvgIpc) is 2.90. The van der Waals surface area contributed by atoms with Gasteiger partial charge in [-0.25, -0.2) is 4.79 Å². The number of carbonyl (C=O) groups is 2. The van der Waals surface area contributed by atoms with Crippen molar-refractivity contribution in [3.05, 3.63) is 64.0 Å². The highest BCUT2D eigenvalue weighted by atomic mass is 35.5. The zero-order valence-corrected chi connectivity index (χ0v) is 16.5. The van der Waals surface area contributed by atoms with E-state index in [0.717, 1.165) is 5.56 Å². The number of halogens is 1. The van der Waals surface area contributed by atoms with Gasteiger partial charge in [-0.1, -0.05) is 53.8 Å². The van der Waals surface area contributed by atoms with Crippen molar-refractivity contribution < 1.29 is 19.4 Å². The summed E-state index contributed by atoms with van der Waals surface area (Å²) in [4.78, 5) is 25.5. The van der Waals surface area contributed by atoms with Crippen LogP contribution >= 0.6 is 35.6 Å². The molecule has 1 heterocycles. The van der Waals surface area contributed by atoms with E-state index in [9.17, 15) is 9.59 Å². The topological polar surface area (TPSA) is 66.8 Å². The van der Waals surface area contributed by atoms with Crippen LogP contribution in [0.2, 0.25) is 5.02 Å². The van der Waals surface area contributed by atoms with Gasteiger partial charge in [-0.3, -0.25) is 9.69 Å². The number of rotatable bonds is 5. The second-order valence-electron chi connectivity index (χ2n) is 5.66. The lowest BCUT2D eigenvalue weighted by Gasteiger charge is -2.14. The molecule has 1 saturated heterocycles. The van der Waals surface area contributed by atoms with E-state index < -0.39 is 12.1 Å². The minimum Gasteiger partial charge on any atom is -0.479 e. The molecule has 1 atom stereocenters. The molecule has 1 N–H and O–H groups in total. The summed E-state index contributed by atoms with van der Waals surface area (Å²) in [6.45, 7) is 1.46. The number of carbonyl (C=O) groups excluding carboxylic acids is 1. The molecule has 1 fully saturated rings. The van der Waals surface area contributed by atoms with Crippen molar-refractivity contribution in [1.29, 1.82) is 0 Å². The summed E-state index contributed by atoms with van der Waals surface area (Å²) in [5.41, 5.74) is 1.40. The number of thiocarbonyl (C=S) groups is 1. The summed E-state index contributed by atoms with van der Waals surface area (Å²) in [7, 11) is 0. The van der Waals surface area contributed by atoms with Crippen LogP contribution in [0, 0.1) is 0 Å². The zero-order valence-electron chi connectivity index (χ0n) is 14.1. The number of hydrogen-bond acceptors (Lipinski definition) is 5. The van der Waals surface area contributed by atoms with Crippen LogP contribution in [0.15, 0.2) is 53.4 Å². The van der Waals surface area contributed by atoms with Gasteiger partial charge in [-0.2, -0.15) is 0 Å². The van der Waals surface area contributed by atoms with Crippen LogP contribution < -0.4 is 9.64 Å². The van der Waals surface area contributed by atoms with E-state index in [-0.39, 0.29) is 5.91 Å². The molecule has 1 amide bonds. The number of benzene rings is 2. The highest BCUT2D eigenvalue weighted by Gasteiger charge is 2.33. The van der Waals surface area contributed by atoms with E-state index in [1.54, 1.807) is 54.6 Å². The predicted octanol–water partition coefficient (Wildman–Crippen LogP) is 4.60. The first-order valence-corrected chi connectivity index (χ1v) is 9.48. The number of carboxylic acids is 1. The van der Waals surface area contributed by atoms with Crippen LogP contribution in [0.25, 0.3) is 6.08 Å². The van der Waals surface area contributed by atoms with Crippen molar-refractivity contribution in [3.63, 3.8) is 0 Å². The third-order valence-electron chi connectivity index (χ3n) is 3.70. The smallest absolute Gasteiger partial charge is 0.344 e. The fourth-order valence-corrected chi connectivity index (χ4v) is 3.84. The lowest BCUT2D eigenvalue weighted by atomic mass is 10.2. The summed E-state index contributed by atoms with van der Waals surface area (Å²) >= 11 is 12.6. The summed E-state index contributed by atoms with van der Waals surface area (Å²) in [5.74, 6) is -0.815. The third-order valence-corrected chi connectivity index (χ3v) is 5.24. The molecule has 8 heteroatoms. The number of carboxylic acid groups (broad SMARTS) is 1. The molecule has 138 valence electrons. The number of nitrogens with zero attached hydrogens (tertiary/aromatic N) is 1. The van der Waals surface area contributed by atoms with Crippen LogP contribution in [0.5, 0.6) is 5.75 Å². The number of anilines is 1. The second kappa shape index (κ2) is 8.12. The maximum Gasteiger partial charge on any atom is 0.344 e. The van der Waals surface area contributed by atoms with Crippen molar-refractivity contribution in [2.24, 2.45) is 0 Å². The first-order chi connectivity index (χ1) is 12.8. The van der Waals surface area contributed by atoms with Crippen molar-refractivity contribution in [3.8, 4) is 5.75 Å². The lowest BCUT2D eigenvalue weighted by Crippen LogP contribution is -2.27. The van der Waals surface area contributed by atoms with Gasteiger partial charge in [0.2, 0.25) is 0 Å². The highest BCUT2D eigenvalue weighted by molar-refractivity contribution is 8.27. The van der Waals surface area contributed by atoms with Crippen molar-refractivity contribution >= 4 is 63.5 Å². The standard InChI is InChI=1S/C19H14ClNO4S2/c1-11(18(23)24)25-15-7-5-12(6-8-15)9-16-17(22)21(19(26)27-16)14-4-2-3-13(20)10-14/h2-11H,1H3,(H,23,24)/b16-9+. The first kappa shape index (κ1) is 19.4. The van der Waals surface area contributed by atoms with Gasteiger partial charge < -0.3 is 9.84 Å². The van der Waals surface area contributed by atoms with Gasteiger partial charge in [0.15, 0.2) is 10.4 Å². The van der Waals surface area contributed by atoms with Crippen molar-refractivity contribution in [2.75, 3.05) is 4.90 Å². The third kappa shape index (κ3) is 4.50. The molecule has 0 aromatic heterocycles. The van der Waals surface area contributed by atoms with Crippen molar-refractivity contribution in [2.45, 2.75) is 13.0 Å². The summed E-state index contributed by atoms with van der Waals surface area (Å²) in [5, 5.41) is 9.40. The van der Waals surface area contributed by atoms with Gasteiger partial charge in [-0.15, -0.1) is 0 Å². The Hall–Kier alpha value is -2.35. The summed E-state index contributed by atoms with van der Waals surface area (Å²) in [6.07, 6.45) is 0.790. The largest absolute Gasteiger partial charge is 0.479 e. The second-order valence-corrected chi connectivity index (χ2v) is 7.78. The number of ether oxygens (including phenoxy) is 1. The molecule has 0 saturated carbocycles. The van der Waals surface area contributed by atoms with E-state index in [2.05, 4.69) is 0 Å². The molecular formula is C19H14ClNO4S2. The van der Waals surface area contributed by atoms with Crippen LogP contribution in [0.3, 0.4) is 0 Å². The van der Waals surface area contributed by atoms with Crippen LogP contribution in [0.4, 0.5) is 5.69 Å². The zero-order chi connectivity index (χ0) is 19.6. The molecule has 2 aromatic rings. The Bertz CT molecular complexity index is 943. The molecule has 0 bridgehead atoms. The van der Waals surface area contributed by atoms with Crippen LogP contribution in [-0.2, 0) is 9.59 Å². The van der Waals surface area contributed by atoms with E-state index in [1.807, 2.05) is 0 Å². The molecule has 3 rings (SSSR count). The molecule has 0 aliphatic carbocycles. The Morgan fingerprint density at radius 1 is 1.30 bits per heavy atom. The Labute approximate surface area is 170 Å². The Kier molecular flexibility index (Phi) is 5.84. The summed E-state index contributed by atoms with van der Waals surface area (Å²) < 4.78 is 5.73. The van der Waals surface area contributed by atoms with Gasteiger partial charge >= 0.3 is 5.97 Å². The Morgan fingerprint density at radius 3 is 2.63 bits per heavy atom. The minimum atomic E-state index is -1.04. The highest BCUT2D eigenvalue weighted by Crippen LogP contribution is 2.36. The lowest BCUT2D eigenvalue weighted by molar-refractivity contribution is -0.144. The molecule has 0 spiro atoms.